The first kappa shape index (κ1) is 22.6. The Bertz CT molecular complexity index is 971. The maximum absolute atomic E-state index is 12.9. The van der Waals surface area contributed by atoms with Crippen LogP contribution in [0.15, 0.2) is 50.6 Å². The van der Waals surface area contributed by atoms with Gasteiger partial charge in [-0.2, -0.15) is 5.26 Å². The van der Waals surface area contributed by atoms with Crippen LogP contribution in [0.5, 0.6) is 0 Å². The fraction of sp³-hybridized carbons (Fsp3) is 0.435. The lowest BCUT2D eigenvalue weighted by Gasteiger charge is -2.40. The molecule has 0 spiro atoms. The van der Waals surface area contributed by atoms with Crippen molar-refractivity contribution in [1.82, 2.24) is 5.32 Å². The standard InChI is InChI=1S/C23H26BrN3O2S/c1-13(2)20-16(11-25)22(27-17-9-23(3,4)10-18(28)21(17)20)30-12-19(29)26-15-7-5-14(24)6-8-15/h5-8,13,20,27H,9-10,12H2,1-4H3,(H,26,29). The molecule has 158 valence electrons. The first-order valence-corrected chi connectivity index (χ1v) is 11.7. The van der Waals surface area contributed by atoms with Crippen LogP contribution in [-0.4, -0.2) is 17.4 Å². The Morgan fingerprint density at radius 2 is 2.00 bits per heavy atom. The molecular weight excluding hydrogens is 462 g/mol. The molecule has 1 aliphatic carbocycles. The molecule has 0 radical (unpaired) electrons. The fourth-order valence-corrected chi connectivity index (χ4v) is 5.20. The molecule has 0 fully saturated rings. The Labute approximate surface area is 190 Å². The number of nitrogens with zero attached hydrogens (tertiary/aromatic N) is 1. The van der Waals surface area contributed by atoms with Gasteiger partial charge >= 0.3 is 0 Å². The minimum Gasteiger partial charge on any atom is -0.352 e. The summed E-state index contributed by atoms with van der Waals surface area (Å²) in [5, 5.41) is 16.8. The third-order valence-electron chi connectivity index (χ3n) is 5.31. The van der Waals surface area contributed by atoms with E-state index in [1.807, 2.05) is 38.1 Å². The molecule has 1 aromatic carbocycles. The SMILES string of the molecule is CC(C)C1C(C#N)=C(SCC(=O)Nc2ccc(Br)cc2)NC2=C1C(=O)CC(C)(C)C2. The lowest BCUT2D eigenvalue weighted by molar-refractivity contribution is -0.119. The van der Waals surface area contributed by atoms with Crippen LogP contribution >= 0.6 is 27.7 Å². The summed E-state index contributed by atoms with van der Waals surface area (Å²) in [6, 6.07) is 9.70. The number of anilines is 1. The summed E-state index contributed by atoms with van der Waals surface area (Å²) in [6.45, 7) is 8.24. The van der Waals surface area contributed by atoms with Gasteiger partial charge in [0, 0.05) is 33.8 Å². The van der Waals surface area contributed by atoms with E-state index in [9.17, 15) is 14.9 Å². The van der Waals surface area contributed by atoms with Gasteiger partial charge in [-0.1, -0.05) is 55.4 Å². The Hall–Kier alpha value is -2.04. The number of amides is 1. The molecular formula is C23H26BrN3O2S. The number of hydrogen-bond donors (Lipinski definition) is 2. The van der Waals surface area contributed by atoms with Gasteiger partial charge in [0.2, 0.25) is 5.91 Å². The average molecular weight is 488 g/mol. The van der Waals surface area contributed by atoms with Crippen molar-refractivity contribution in [3.8, 4) is 6.07 Å². The second-order valence-corrected chi connectivity index (χ2v) is 10.8. The predicted octanol–water partition coefficient (Wildman–Crippen LogP) is 5.37. The molecule has 0 saturated carbocycles. The first-order valence-electron chi connectivity index (χ1n) is 9.97. The third-order valence-corrected chi connectivity index (χ3v) is 6.86. The van der Waals surface area contributed by atoms with Gasteiger partial charge in [-0.25, -0.2) is 0 Å². The van der Waals surface area contributed by atoms with Gasteiger partial charge in [0.25, 0.3) is 0 Å². The molecule has 0 aromatic heterocycles. The molecule has 0 saturated heterocycles. The van der Waals surface area contributed by atoms with Gasteiger partial charge in [-0.05, 0) is 42.0 Å². The van der Waals surface area contributed by atoms with Gasteiger partial charge in [0.1, 0.15) is 0 Å². The number of nitrogens with one attached hydrogen (secondary N) is 2. The second kappa shape index (κ2) is 8.99. The van der Waals surface area contributed by atoms with Crippen LogP contribution in [0.1, 0.15) is 40.5 Å². The highest BCUT2D eigenvalue weighted by Crippen LogP contribution is 2.46. The smallest absolute Gasteiger partial charge is 0.234 e. The zero-order valence-electron chi connectivity index (χ0n) is 17.6. The van der Waals surface area contributed by atoms with Crippen LogP contribution in [0.2, 0.25) is 0 Å². The van der Waals surface area contributed by atoms with E-state index in [0.29, 0.717) is 17.0 Å². The zero-order valence-corrected chi connectivity index (χ0v) is 20.0. The highest BCUT2D eigenvalue weighted by atomic mass is 79.9. The first-order chi connectivity index (χ1) is 14.1. The van der Waals surface area contributed by atoms with Crippen molar-refractivity contribution in [3.05, 3.63) is 50.6 Å². The van der Waals surface area contributed by atoms with Crippen LogP contribution < -0.4 is 10.6 Å². The number of thioether (sulfide) groups is 1. The number of benzene rings is 1. The Morgan fingerprint density at radius 3 is 2.60 bits per heavy atom. The monoisotopic (exact) mass is 487 g/mol. The molecule has 1 aliphatic heterocycles. The topological polar surface area (TPSA) is 82.0 Å². The van der Waals surface area contributed by atoms with Gasteiger partial charge in [-0.3, -0.25) is 9.59 Å². The summed E-state index contributed by atoms with van der Waals surface area (Å²) in [5.41, 5.74) is 2.82. The fourth-order valence-electron chi connectivity index (χ4n) is 4.07. The quantitative estimate of drug-likeness (QED) is 0.582. The molecule has 7 heteroatoms. The normalized spacial score (nSPS) is 20.6. The molecule has 1 heterocycles. The molecule has 5 nitrogen and oxygen atoms in total. The van der Waals surface area contributed by atoms with E-state index < -0.39 is 0 Å². The van der Waals surface area contributed by atoms with Gasteiger partial charge < -0.3 is 10.6 Å². The molecule has 1 aromatic rings. The third kappa shape index (κ3) is 4.98. The van der Waals surface area contributed by atoms with E-state index in [1.165, 1.54) is 11.8 Å². The van der Waals surface area contributed by atoms with E-state index in [2.05, 4.69) is 46.5 Å². The molecule has 2 N–H and O–H groups in total. The lowest BCUT2D eigenvalue weighted by Crippen LogP contribution is -2.39. The van der Waals surface area contributed by atoms with Crippen LogP contribution in [0, 0.1) is 28.6 Å². The Kier molecular flexibility index (Phi) is 6.78. The van der Waals surface area contributed by atoms with Crippen LogP contribution in [0.3, 0.4) is 0 Å². The summed E-state index contributed by atoms with van der Waals surface area (Å²) < 4.78 is 0.943. The van der Waals surface area contributed by atoms with Crippen LogP contribution in [0.25, 0.3) is 0 Å². The number of allylic oxidation sites excluding steroid dienone is 3. The summed E-state index contributed by atoms with van der Waals surface area (Å²) in [7, 11) is 0. The molecule has 2 aliphatic rings. The second-order valence-electron chi connectivity index (χ2n) is 8.88. The van der Waals surface area contributed by atoms with Crippen molar-refractivity contribution in [2.45, 2.75) is 40.5 Å². The number of halogens is 1. The number of carbonyl (C=O) groups is 2. The van der Waals surface area contributed by atoms with Crippen LogP contribution in [0.4, 0.5) is 5.69 Å². The minimum atomic E-state index is -0.230. The summed E-state index contributed by atoms with van der Waals surface area (Å²) in [6.07, 6.45) is 1.25. The van der Waals surface area contributed by atoms with Crippen LogP contribution in [-0.2, 0) is 9.59 Å². The van der Waals surface area contributed by atoms with Gasteiger partial charge in [0.15, 0.2) is 5.78 Å². The molecule has 1 amide bonds. The lowest BCUT2D eigenvalue weighted by atomic mass is 9.68. The maximum atomic E-state index is 12.9. The number of hydrogen-bond acceptors (Lipinski definition) is 5. The zero-order chi connectivity index (χ0) is 22.1. The summed E-state index contributed by atoms with van der Waals surface area (Å²) in [5.74, 6) is 0.0389. The molecule has 1 atom stereocenters. The van der Waals surface area contributed by atoms with Crippen molar-refractivity contribution in [2.24, 2.45) is 17.3 Å². The minimum absolute atomic E-state index is 0.115. The highest BCUT2D eigenvalue weighted by molar-refractivity contribution is 9.10. The summed E-state index contributed by atoms with van der Waals surface area (Å²) >= 11 is 4.69. The number of rotatable bonds is 5. The van der Waals surface area contributed by atoms with E-state index in [4.69, 9.17) is 0 Å². The Morgan fingerprint density at radius 1 is 1.33 bits per heavy atom. The van der Waals surface area contributed by atoms with Crippen molar-refractivity contribution in [3.63, 3.8) is 0 Å². The van der Waals surface area contributed by atoms with E-state index in [0.717, 1.165) is 27.9 Å². The Balaban J connectivity index is 1.80. The van der Waals surface area contributed by atoms with Crippen molar-refractivity contribution < 1.29 is 9.59 Å². The number of ketones is 1. The molecule has 0 bridgehead atoms. The molecule has 1 unspecified atom stereocenters. The number of nitriles is 1. The van der Waals surface area contributed by atoms with Gasteiger partial charge in [-0.15, -0.1) is 0 Å². The van der Waals surface area contributed by atoms with Crippen molar-refractivity contribution in [1.29, 1.82) is 5.26 Å². The molecule has 30 heavy (non-hydrogen) atoms. The van der Waals surface area contributed by atoms with Gasteiger partial charge in [0.05, 0.1) is 22.4 Å². The highest BCUT2D eigenvalue weighted by Gasteiger charge is 2.42. The van der Waals surface area contributed by atoms with Crippen molar-refractivity contribution in [2.75, 3.05) is 11.1 Å². The van der Waals surface area contributed by atoms with E-state index in [-0.39, 0.29) is 34.7 Å². The predicted molar refractivity (Wildman–Crippen MR) is 124 cm³/mol. The van der Waals surface area contributed by atoms with Crippen molar-refractivity contribution >= 4 is 45.1 Å². The largest absolute Gasteiger partial charge is 0.352 e. The summed E-state index contributed by atoms with van der Waals surface area (Å²) in [4.78, 5) is 25.4. The number of Topliss-reactive ketones (excluding diaryl/α,β-unsaturated/α-hetero) is 1. The van der Waals surface area contributed by atoms with E-state index in [1.54, 1.807) is 0 Å². The number of dihydropyridines is 1. The van der Waals surface area contributed by atoms with E-state index >= 15 is 0 Å². The number of carbonyl (C=O) groups excluding carboxylic acids is 2. The molecule has 3 rings (SSSR count). The maximum Gasteiger partial charge on any atom is 0.234 e. The average Bonchev–Trinajstić information content (AvgIpc) is 2.65.